The number of likely N-dealkylation sites (tertiary alicyclic amines) is 1. The Kier molecular flexibility index (Phi) is 5.55. The molecule has 1 aliphatic carbocycles. The lowest BCUT2D eigenvalue weighted by molar-refractivity contribution is -0.150. The monoisotopic (exact) mass is 435 g/mol. The summed E-state index contributed by atoms with van der Waals surface area (Å²) in [6, 6.07) is 13.3. The van der Waals surface area contributed by atoms with Crippen LogP contribution in [-0.4, -0.2) is 42.0 Å². The van der Waals surface area contributed by atoms with Crippen molar-refractivity contribution in [2.75, 3.05) is 20.4 Å². The van der Waals surface area contributed by atoms with Gasteiger partial charge >= 0.3 is 0 Å². The Hall–Kier alpha value is -2.99. The molecule has 2 aliphatic heterocycles. The van der Waals surface area contributed by atoms with Gasteiger partial charge in [-0.25, -0.2) is 0 Å². The zero-order valence-corrected chi connectivity index (χ0v) is 18.3. The Bertz CT molecular complexity index is 1020. The highest BCUT2D eigenvalue weighted by Crippen LogP contribution is 2.50. The average Bonchev–Trinajstić information content (AvgIpc) is 3.29. The number of hydrogen-bond acceptors (Lipinski definition) is 5. The van der Waals surface area contributed by atoms with Crippen LogP contribution in [0.3, 0.4) is 0 Å². The van der Waals surface area contributed by atoms with Gasteiger partial charge in [-0.1, -0.05) is 31.0 Å². The second kappa shape index (κ2) is 8.51. The number of amides is 1. The van der Waals surface area contributed by atoms with Gasteiger partial charge in [0.25, 0.3) is 0 Å². The van der Waals surface area contributed by atoms with E-state index in [9.17, 15) is 9.90 Å². The molecule has 32 heavy (non-hydrogen) atoms. The second-order valence-electron chi connectivity index (χ2n) is 8.90. The van der Waals surface area contributed by atoms with Gasteiger partial charge in [-0.2, -0.15) is 0 Å². The van der Waals surface area contributed by atoms with Gasteiger partial charge in [0.2, 0.25) is 12.7 Å². The lowest BCUT2D eigenvalue weighted by Gasteiger charge is -2.52. The minimum absolute atomic E-state index is 0.00343. The minimum atomic E-state index is -0.726. The van der Waals surface area contributed by atoms with Gasteiger partial charge in [-0.05, 0) is 60.7 Å². The van der Waals surface area contributed by atoms with E-state index in [1.54, 1.807) is 13.2 Å². The van der Waals surface area contributed by atoms with E-state index >= 15 is 0 Å². The van der Waals surface area contributed by atoms with Crippen LogP contribution < -0.4 is 14.2 Å². The van der Waals surface area contributed by atoms with E-state index in [1.165, 1.54) is 0 Å². The van der Waals surface area contributed by atoms with Crippen molar-refractivity contribution in [1.82, 2.24) is 4.90 Å². The predicted octanol–water partition coefficient (Wildman–Crippen LogP) is 4.33. The second-order valence-corrected chi connectivity index (χ2v) is 8.90. The maximum atomic E-state index is 13.4. The van der Waals surface area contributed by atoms with Crippen molar-refractivity contribution >= 4 is 12.0 Å². The van der Waals surface area contributed by atoms with Gasteiger partial charge in [0.1, 0.15) is 5.75 Å². The number of piperidine rings is 1. The van der Waals surface area contributed by atoms with Crippen LogP contribution in [-0.2, 0) is 4.79 Å². The van der Waals surface area contributed by atoms with Gasteiger partial charge in [-0.3, -0.25) is 4.79 Å². The first kappa shape index (κ1) is 20.9. The molecule has 6 heteroatoms. The number of carbonyl (C=O) groups is 1. The van der Waals surface area contributed by atoms with Crippen LogP contribution in [0.15, 0.2) is 48.5 Å². The Morgan fingerprint density at radius 2 is 1.94 bits per heavy atom. The first-order valence-electron chi connectivity index (χ1n) is 11.3. The molecule has 5 rings (SSSR count). The highest BCUT2D eigenvalue weighted by atomic mass is 16.7. The molecule has 3 unspecified atom stereocenters. The number of rotatable bonds is 4. The minimum Gasteiger partial charge on any atom is -0.497 e. The predicted molar refractivity (Wildman–Crippen MR) is 121 cm³/mol. The fraction of sp³-hybridized carbons (Fsp3) is 0.423. The topological polar surface area (TPSA) is 68.2 Å². The van der Waals surface area contributed by atoms with Crippen molar-refractivity contribution in [2.24, 2.45) is 5.92 Å². The molecule has 0 bridgehead atoms. The van der Waals surface area contributed by atoms with Crippen LogP contribution in [0.25, 0.3) is 6.08 Å². The molecule has 0 aromatic heterocycles. The maximum absolute atomic E-state index is 13.4. The molecule has 2 fully saturated rings. The van der Waals surface area contributed by atoms with Gasteiger partial charge in [0, 0.05) is 18.5 Å². The molecular weight excluding hydrogens is 406 g/mol. The van der Waals surface area contributed by atoms with Crippen LogP contribution in [0.1, 0.15) is 49.3 Å². The molecule has 0 radical (unpaired) electrons. The summed E-state index contributed by atoms with van der Waals surface area (Å²) in [5.41, 5.74) is 1.20. The molecule has 1 N–H and O–H groups in total. The molecule has 1 saturated heterocycles. The maximum Gasteiger partial charge on any atom is 0.247 e. The number of benzene rings is 2. The molecule has 1 saturated carbocycles. The summed E-state index contributed by atoms with van der Waals surface area (Å²) >= 11 is 0. The summed E-state index contributed by atoms with van der Waals surface area (Å²) in [5.74, 6) is 2.16. The van der Waals surface area contributed by atoms with Gasteiger partial charge in [-0.15, -0.1) is 0 Å². The Morgan fingerprint density at radius 3 is 2.75 bits per heavy atom. The molecule has 1 amide bonds. The number of methoxy groups -OCH3 is 1. The quantitative estimate of drug-likeness (QED) is 0.724. The number of ether oxygens (including phenoxy) is 3. The first-order valence-corrected chi connectivity index (χ1v) is 11.3. The standard InChI is InChI=1S/C26H29NO5/c1-30-20-9-5-18(6-10-20)7-12-24(28)27-15-14-26(29)13-3-2-4-21(26)25(27)19-8-11-22-23(16-19)32-17-31-22/h5-12,16,21,25,29H,2-4,13-15,17H2,1H3. The van der Waals surface area contributed by atoms with E-state index in [1.807, 2.05) is 53.4 Å². The normalized spacial score (nSPS) is 26.8. The molecule has 168 valence electrons. The molecule has 2 aromatic carbocycles. The first-order chi connectivity index (χ1) is 15.6. The zero-order chi connectivity index (χ0) is 22.1. The largest absolute Gasteiger partial charge is 0.497 e. The van der Waals surface area contributed by atoms with E-state index < -0.39 is 5.60 Å². The van der Waals surface area contributed by atoms with E-state index in [0.29, 0.717) is 18.7 Å². The van der Waals surface area contributed by atoms with Crippen molar-refractivity contribution < 1.29 is 24.1 Å². The summed E-state index contributed by atoms with van der Waals surface area (Å²) in [6.45, 7) is 0.738. The van der Waals surface area contributed by atoms with E-state index in [0.717, 1.165) is 48.3 Å². The summed E-state index contributed by atoms with van der Waals surface area (Å²) in [7, 11) is 1.63. The smallest absolute Gasteiger partial charge is 0.247 e. The van der Waals surface area contributed by atoms with E-state index in [-0.39, 0.29) is 24.7 Å². The molecule has 2 heterocycles. The number of hydrogen-bond donors (Lipinski definition) is 1. The van der Waals surface area contributed by atoms with Crippen molar-refractivity contribution in [3.63, 3.8) is 0 Å². The van der Waals surface area contributed by atoms with Crippen LogP contribution in [0.2, 0.25) is 0 Å². The number of nitrogens with zero attached hydrogens (tertiary/aromatic N) is 1. The molecule has 3 atom stereocenters. The summed E-state index contributed by atoms with van der Waals surface area (Å²) in [4.78, 5) is 15.3. The zero-order valence-electron chi connectivity index (χ0n) is 18.3. The highest BCUT2D eigenvalue weighted by Gasteiger charge is 2.50. The summed E-state index contributed by atoms with van der Waals surface area (Å²) in [5, 5.41) is 11.4. The van der Waals surface area contributed by atoms with Gasteiger partial charge < -0.3 is 24.2 Å². The number of carbonyl (C=O) groups excluding carboxylic acids is 1. The SMILES string of the molecule is COc1ccc(C=CC(=O)N2CCC3(O)CCCCC3C2c2ccc3c(c2)OCO3)cc1. The van der Waals surface area contributed by atoms with E-state index in [2.05, 4.69) is 0 Å². The van der Waals surface area contributed by atoms with Crippen molar-refractivity contribution in [3.05, 3.63) is 59.7 Å². The highest BCUT2D eigenvalue weighted by molar-refractivity contribution is 5.92. The van der Waals surface area contributed by atoms with Crippen LogP contribution in [0, 0.1) is 5.92 Å². The number of aliphatic hydroxyl groups is 1. The number of fused-ring (bicyclic) bond motifs is 2. The van der Waals surface area contributed by atoms with Crippen LogP contribution in [0.4, 0.5) is 0 Å². The average molecular weight is 436 g/mol. The summed E-state index contributed by atoms with van der Waals surface area (Å²) in [6.07, 6.45) is 7.88. The fourth-order valence-corrected chi connectivity index (χ4v) is 5.42. The van der Waals surface area contributed by atoms with E-state index in [4.69, 9.17) is 14.2 Å². The van der Waals surface area contributed by atoms with Crippen LogP contribution in [0.5, 0.6) is 17.2 Å². The third-order valence-electron chi connectivity index (χ3n) is 7.12. The lowest BCUT2D eigenvalue weighted by Crippen LogP contribution is -2.56. The Labute approximate surface area is 188 Å². The molecule has 0 spiro atoms. The Balaban J connectivity index is 1.45. The molecule has 6 nitrogen and oxygen atoms in total. The molecule has 2 aromatic rings. The Morgan fingerprint density at radius 1 is 1.12 bits per heavy atom. The summed E-state index contributed by atoms with van der Waals surface area (Å²) < 4.78 is 16.3. The third kappa shape index (κ3) is 3.84. The van der Waals surface area contributed by atoms with Crippen molar-refractivity contribution in [1.29, 1.82) is 0 Å². The van der Waals surface area contributed by atoms with Crippen molar-refractivity contribution in [2.45, 2.75) is 43.7 Å². The van der Waals surface area contributed by atoms with Gasteiger partial charge in [0.05, 0.1) is 18.8 Å². The fourth-order valence-electron chi connectivity index (χ4n) is 5.42. The lowest BCUT2D eigenvalue weighted by atomic mass is 9.66. The molecular formula is C26H29NO5. The van der Waals surface area contributed by atoms with Gasteiger partial charge in [0.15, 0.2) is 11.5 Å². The van der Waals surface area contributed by atoms with Crippen LogP contribution >= 0.6 is 0 Å². The molecule has 3 aliphatic rings. The third-order valence-corrected chi connectivity index (χ3v) is 7.12. The van der Waals surface area contributed by atoms with Crippen molar-refractivity contribution in [3.8, 4) is 17.2 Å².